The molecule has 1 aliphatic rings. The summed E-state index contributed by atoms with van der Waals surface area (Å²) in [6, 6.07) is 49.3. The second kappa shape index (κ2) is 9.99. The molecule has 220 valence electrons. The zero-order valence-electron chi connectivity index (χ0n) is 25.8. The van der Waals surface area contributed by atoms with Crippen molar-refractivity contribution in [2.45, 2.75) is 19.3 Å². The number of aromatic amines is 1. The smallest absolute Gasteiger partial charge is 0.202 e. The molecule has 0 bridgehead atoms. The molecule has 0 unspecified atom stereocenters. The molecule has 3 aromatic heterocycles. The Morgan fingerprint density at radius 1 is 0.609 bits per heavy atom. The van der Waals surface area contributed by atoms with Crippen LogP contribution >= 0.6 is 0 Å². The topological polar surface area (TPSA) is 46.5 Å². The van der Waals surface area contributed by atoms with Crippen LogP contribution in [0.5, 0.6) is 0 Å². The van der Waals surface area contributed by atoms with Gasteiger partial charge in [0.25, 0.3) is 0 Å². The van der Waals surface area contributed by atoms with Crippen LogP contribution in [0.15, 0.2) is 152 Å². The summed E-state index contributed by atoms with van der Waals surface area (Å²) in [5.41, 5.74) is 7.18. The number of imidazole rings is 1. The van der Waals surface area contributed by atoms with E-state index in [-0.39, 0.29) is 5.41 Å². The van der Waals surface area contributed by atoms with Gasteiger partial charge in [0.15, 0.2) is 0 Å². The first-order chi connectivity index (χ1) is 22.6. The third kappa shape index (κ3) is 3.66. The van der Waals surface area contributed by atoms with Crippen LogP contribution < -0.4 is 20.9 Å². The van der Waals surface area contributed by atoms with Crippen molar-refractivity contribution in [1.82, 2.24) is 19.5 Å². The zero-order valence-corrected chi connectivity index (χ0v) is 26.8. The first kappa shape index (κ1) is 26.8. The van der Waals surface area contributed by atoms with E-state index in [9.17, 15) is 0 Å². The van der Waals surface area contributed by atoms with Gasteiger partial charge in [0.1, 0.15) is 5.82 Å². The molecule has 0 saturated heterocycles. The fourth-order valence-electron chi connectivity index (χ4n) is 8.02. The van der Waals surface area contributed by atoms with Gasteiger partial charge in [0.2, 0.25) is 8.07 Å². The maximum Gasteiger partial charge on any atom is 0.202 e. The fraction of sp³-hybridized carbons (Fsp3) is 0.0732. The highest BCUT2D eigenvalue weighted by molar-refractivity contribution is 7.20. The summed E-state index contributed by atoms with van der Waals surface area (Å²) in [6.45, 7) is 4.74. The van der Waals surface area contributed by atoms with Crippen molar-refractivity contribution in [2.75, 3.05) is 0 Å². The zero-order chi connectivity index (χ0) is 30.9. The average molecular weight is 609 g/mol. The van der Waals surface area contributed by atoms with E-state index in [4.69, 9.17) is 4.98 Å². The minimum Gasteiger partial charge on any atom is -0.345 e. The van der Waals surface area contributed by atoms with Gasteiger partial charge in [-0.05, 0) is 63.1 Å². The van der Waals surface area contributed by atoms with Crippen LogP contribution in [0.1, 0.15) is 25.0 Å². The molecule has 1 aliphatic heterocycles. The first-order valence-electron chi connectivity index (χ1n) is 15.8. The Balaban J connectivity index is 1.41. The summed E-state index contributed by atoms with van der Waals surface area (Å²) in [5, 5.41) is 7.81. The van der Waals surface area contributed by atoms with Crippen LogP contribution in [0.2, 0.25) is 0 Å². The summed E-state index contributed by atoms with van der Waals surface area (Å²) in [4.78, 5) is 13.0. The summed E-state index contributed by atoms with van der Waals surface area (Å²) in [7, 11) is -2.85. The number of fused-ring (bicyclic) bond motifs is 5. The monoisotopic (exact) mass is 608 g/mol. The van der Waals surface area contributed by atoms with E-state index in [1.165, 1.54) is 48.5 Å². The van der Waals surface area contributed by atoms with Crippen molar-refractivity contribution >= 4 is 50.8 Å². The lowest BCUT2D eigenvalue weighted by Crippen LogP contribution is -2.79. The molecule has 0 radical (unpaired) electrons. The van der Waals surface area contributed by atoms with Gasteiger partial charge < -0.3 is 9.55 Å². The van der Waals surface area contributed by atoms with Crippen LogP contribution in [0, 0.1) is 0 Å². The number of para-hydroxylation sites is 1. The maximum atomic E-state index is 5.18. The van der Waals surface area contributed by atoms with Crippen LogP contribution in [-0.2, 0) is 5.41 Å². The van der Waals surface area contributed by atoms with Gasteiger partial charge in [-0.2, -0.15) is 0 Å². The molecular formula is C41H32N4Si. The molecule has 0 fully saturated rings. The standard InChI is InChI=1S/C41H32N4Si/c1-41(2)33-15-4-7-18-37(33)46(39-20-9-10-23-42-39,38-19-8-5-16-34(38)41)30-21-22-32-31-14-3-6-17-35(31)45(36(32)27-30)29-13-11-12-28(26-29)40-43-24-25-44-40/h3-27H,1-2H3,(H,43,44). The summed E-state index contributed by atoms with van der Waals surface area (Å²) >= 11 is 0. The Kier molecular flexibility index (Phi) is 5.83. The predicted octanol–water partition coefficient (Wildman–Crippen LogP) is 6.59. The Bertz CT molecular complexity index is 2350. The van der Waals surface area contributed by atoms with E-state index in [1.54, 1.807) is 6.20 Å². The maximum absolute atomic E-state index is 5.18. The normalized spacial score (nSPS) is 14.7. The minimum atomic E-state index is -2.85. The third-order valence-electron chi connectivity index (χ3n) is 10.0. The van der Waals surface area contributed by atoms with Gasteiger partial charge in [-0.25, -0.2) is 4.98 Å². The quantitative estimate of drug-likeness (QED) is 0.229. The fourth-order valence-corrected chi connectivity index (χ4v) is 13.4. The average Bonchev–Trinajstić information content (AvgIpc) is 3.76. The van der Waals surface area contributed by atoms with E-state index in [0.717, 1.165) is 22.4 Å². The van der Waals surface area contributed by atoms with Crippen molar-refractivity contribution in [3.8, 4) is 17.1 Å². The molecule has 0 aliphatic carbocycles. The van der Waals surface area contributed by atoms with Gasteiger partial charge in [-0.3, -0.25) is 4.98 Å². The molecule has 4 heterocycles. The molecule has 0 amide bonds. The molecule has 1 N–H and O–H groups in total. The summed E-state index contributed by atoms with van der Waals surface area (Å²) in [5.74, 6) is 0.864. The van der Waals surface area contributed by atoms with Crippen molar-refractivity contribution in [1.29, 1.82) is 0 Å². The van der Waals surface area contributed by atoms with Crippen LogP contribution in [0.4, 0.5) is 0 Å². The van der Waals surface area contributed by atoms with E-state index >= 15 is 0 Å². The van der Waals surface area contributed by atoms with Crippen molar-refractivity contribution in [2.24, 2.45) is 0 Å². The predicted molar refractivity (Wildman–Crippen MR) is 192 cm³/mol. The lowest BCUT2D eigenvalue weighted by Gasteiger charge is -2.45. The Labute approximate surface area is 269 Å². The summed E-state index contributed by atoms with van der Waals surface area (Å²) in [6.07, 6.45) is 5.64. The van der Waals surface area contributed by atoms with Gasteiger partial charge in [0, 0.05) is 51.3 Å². The van der Waals surface area contributed by atoms with Crippen LogP contribution in [-0.4, -0.2) is 27.6 Å². The number of nitrogens with one attached hydrogen (secondary N) is 1. The Morgan fingerprint density at radius 3 is 2.07 bits per heavy atom. The second-order valence-electron chi connectivity index (χ2n) is 12.8. The number of pyridine rings is 1. The molecule has 0 saturated carbocycles. The lowest BCUT2D eigenvalue weighted by atomic mass is 9.77. The second-order valence-corrected chi connectivity index (χ2v) is 16.4. The number of hydrogen-bond acceptors (Lipinski definition) is 2. The van der Waals surface area contributed by atoms with Crippen molar-refractivity contribution in [3.63, 3.8) is 0 Å². The molecule has 0 spiro atoms. The molecular weight excluding hydrogens is 577 g/mol. The van der Waals surface area contributed by atoms with E-state index in [0.29, 0.717) is 0 Å². The number of nitrogens with zero attached hydrogens (tertiary/aromatic N) is 3. The third-order valence-corrected chi connectivity index (χ3v) is 14.8. The highest BCUT2D eigenvalue weighted by atomic mass is 28.3. The number of hydrogen-bond donors (Lipinski definition) is 1. The van der Waals surface area contributed by atoms with E-state index in [1.807, 2.05) is 18.5 Å². The van der Waals surface area contributed by atoms with Crippen LogP contribution in [0.25, 0.3) is 38.9 Å². The molecule has 46 heavy (non-hydrogen) atoms. The highest BCUT2D eigenvalue weighted by Gasteiger charge is 2.52. The van der Waals surface area contributed by atoms with Crippen molar-refractivity contribution < 1.29 is 0 Å². The molecule has 8 aromatic rings. The molecule has 0 atom stereocenters. The number of benzene rings is 5. The molecule has 5 aromatic carbocycles. The summed E-state index contributed by atoms with van der Waals surface area (Å²) < 4.78 is 2.42. The Morgan fingerprint density at radius 2 is 1.33 bits per heavy atom. The number of rotatable bonds is 4. The van der Waals surface area contributed by atoms with E-state index in [2.05, 4.69) is 156 Å². The van der Waals surface area contributed by atoms with Gasteiger partial charge in [-0.1, -0.05) is 111 Å². The minimum absolute atomic E-state index is 0.135. The Hall–Kier alpha value is -5.52. The first-order valence-corrected chi connectivity index (χ1v) is 17.8. The lowest BCUT2D eigenvalue weighted by molar-refractivity contribution is 0.645. The van der Waals surface area contributed by atoms with E-state index < -0.39 is 8.07 Å². The van der Waals surface area contributed by atoms with Gasteiger partial charge in [0.05, 0.1) is 11.0 Å². The highest BCUT2D eigenvalue weighted by Crippen LogP contribution is 2.37. The molecule has 4 nitrogen and oxygen atoms in total. The molecule has 5 heteroatoms. The number of aromatic nitrogens is 4. The largest absolute Gasteiger partial charge is 0.345 e. The van der Waals surface area contributed by atoms with Gasteiger partial charge in [-0.15, -0.1) is 0 Å². The number of H-pyrrole nitrogens is 1. The molecule has 9 rings (SSSR count). The van der Waals surface area contributed by atoms with Crippen LogP contribution in [0.3, 0.4) is 0 Å². The van der Waals surface area contributed by atoms with Gasteiger partial charge >= 0.3 is 0 Å². The van der Waals surface area contributed by atoms with Crippen molar-refractivity contribution in [3.05, 3.63) is 163 Å². The SMILES string of the molecule is CC1(C)c2ccccc2[Si](c2ccc3c4ccccc4n(-c4cccc(-c5ncc[nH]5)c4)c3c2)(c2ccccn2)c2ccccc21.